The van der Waals surface area contributed by atoms with Gasteiger partial charge in [-0.05, 0) is 70.8 Å². The van der Waals surface area contributed by atoms with E-state index in [1.54, 1.807) is 0 Å². The van der Waals surface area contributed by atoms with Crippen molar-refractivity contribution in [3.63, 3.8) is 0 Å². The minimum Gasteiger partial charge on any atom is -0.354 e. The molecule has 0 saturated carbocycles. The fourth-order valence-electron chi connectivity index (χ4n) is 6.84. The highest BCUT2D eigenvalue weighted by molar-refractivity contribution is 5.99. The summed E-state index contributed by atoms with van der Waals surface area (Å²) in [5.41, 5.74) is 16.2. The molecule has 226 valence electrons. The van der Waals surface area contributed by atoms with Gasteiger partial charge < -0.3 is 9.97 Å². The summed E-state index contributed by atoms with van der Waals surface area (Å²) in [6.07, 6.45) is 8.54. The van der Waals surface area contributed by atoms with Crippen molar-refractivity contribution in [1.29, 1.82) is 0 Å². The Hall–Kier alpha value is -6.52. The Bertz CT molecular complexity index is 2170. The van der Waals surface area contributed by atoms with Crippen LogP contribution in [0.5, 0.6) is 0 Å². The van der Waals surface area contributed by atoms with E-state index in [-0.39, 0.29) is 0 Å². The summed E-state index contributed by atoms with van der Waals surface area (Å²) in [5.74, 6) is 0. The lowest BCUT2D eigenvalue weighted by atomic mass is 10.0. The van der Waals surface area contributed by atoms with Crippen LogP contribution in [0.4, 0.5) is 0 Å². The van der Waals surface area contributed by atoms with Crippen molar-refractivity contribution in [2.75, 3.05) is 0 Å². The zero-order valence-corrected chi connectivity index (χ0v) is 26.1. The van der Waals surface area contributed by atoms with E-state index in [4.69, 9.17) is 9.97 Å². The van der Waals surface area contributed by atoms with Gasteiger partial charge in [0.2, 0.25) is 0 Å². The number of aromatic nitrogens is 4. The van der Waals surface area contributed by atoms with Crippen molar-refractivity contribution in [1.82, 2.24) is 19.9 Å². The van der Waals surface area contributed by atoms with E-state index >= 15 is 0 Å². The number of aromatic amines is 2. The molecule has 0 unspecified atom stereocenters. The largest absolute Gasteiger partial charge is 0.354 e. The standard InChI is InChI=1S/C44H30N4/c1-5-13-29(14-6-1)41-33-21-23-35(45-33)42(30-15-7-2-8-16-30)37-25-27-39(47-37)44(32-19-11-4-12-20-32)40-28-26-38(48-40)43(31-17-9-3-10-18-31)36-24-22-34(41)46-36/h1-28,45,48H/i41+1,44+1. The molecule has 8 bridgehead atoms. The molecular formula is C44H30N4. The molecule has 4 aromatic carbocycles. The Morgan fingerprint density at radius 3 is 0.729 bits per heavy atom. The number of H-pyrrole nitrogens is 2. The second-order valence-electron chi connectivity index (χ2n) is 12.0. The average Bonchev–Trinajstić information content (AvgIpc) is 3.98. The summed E-state index contributed by atoms with van der Waals surface area (Å²) in [7, 11) is 0. The molecule has 4 heteroatoms. The van der Waals surface area contributed by atoms with Crippen LogP contribution in [0.3, 0.4) is 0 Å². The molecule has 0 aliphatic carbocycles. The molecule has 2 aliphatic heterocycles. The van der Waals surface area contributed by atoms with Gasteiger partial charge in [-0.25, -0.2) is 9.97 Å². The van der Waals surface area contributed by atoms with Gasteiger partial charge in [-0.1, -0.05) is 121 Å². The van der Waals surface area contributed by atoms with Crippen molar-refractivity contribution >= 4 is 46.4 Å². The van der Waals surface area contributed by atoms with Crippen molar-refractivity contribution in [3.05, 3.63) is 168 Å². The third kappa shape index (κ3) is 4.88. The van der Waals surface area contributed by atoms with Gasteiger partial charge in [-0.2, -0.15) is 0 Å². The first-order valence-electron chi connectivity index (χ1n) is 16.2. The van der Waals surface area contributed by atoms with Crippen LogP contribution in [-0.2, 0) is 0 Å². The van der Waals surface area contributed by atoms with Gasteiger partial charge in [0, 0.05) is 44.3 Å². The summed E-state index contributed by atoms with van der Waals surface area (Å²) in [6, 6.07) is 50.7. The molecule has 48 heavy (non-hydrogen) atoms. The number of nitrogens with one attached hydrogen (secondary N) is 2. The Labute approximate surface area is 278 Å². The van der Waals surface area contributed by atoms with Crippen LogP contribution in [0.2, 0.25) is 0 Å². The summed E-state index contributed by atoms with van der Waals surface area (Å²) < 4.78 is 0. The maximum Gasteiger partial charge on any atom is 0.0737 e. The Balaban J connectivity index is 1.49. The molecule has 0 fully saturated rings. The van der Waals surface area contributed by atoms with Gasteiger partial charge in [-0.15, -0.1) is 0 Å². The molecule has 7 aromatic rings. The molecule has 0 spiro atoms. The van der Waals surface area contributed by atoms with Crippen LogP contribution < -0.4 is 0 Å². The lowest BCUT2D eigenvalue weighted by molar-refractivity contribution is 1.31. The summed E-state index contributed by atoms with van der Waals surface area (Å²) in [5, 5.41) is 0. The fraction of sp³-hybridized carbons (Fsp3) is 0. The number of hydrogen-bond donors (Lipinski definition) is 2. The van der Waals surface area contributed by atoms with E-state index in [1.807, 2.05) is 24.3 Å². The van der Waals surface area contributed by atoms with E-state index in [2.05, 4.69) is 156 Å². The lowest BCUT2D eigenvalue weighted by Crippen LogP contribution is -1.89. The topological polar surface area (TPSA) is 57.4 Å². The van der Waals surface area contributed by atoms with Crippen LogP contribution in [-0.4, -0.2) is 19.9 Å². The summed E-state index contributed by atoms with van der Waals surface area (Å²) >= 11 is 0. The predicted molar refractivity (Wildman–Crippen MR) is 201 cm³/mol. The first-order chi connectivity index (χ1) is 23.8. The van der Waals surface area contributed by atoms with E-state index in [1.165, 1.54) is 0 Å². The second-order valence-corrected chi connectivity index (χ2v) is 12.0. The molecule has 5 heterocycles. The van der Waals surface area contributed by atoms with Crippen molar-refractivity contribution in [2.45, 2.75) is 0 Å². The molecule has 0 radical (unpaired) electrons. The maximum absolute atomic E-state index is 5.35. The molecule has 2 aliphatic rings. The first kappa shape index (κ1) is 27.8. The van der Waals surface area contributed by atoms with Crippen molar-refractivity contribution < 1.29 is 0 Å². The molecule has 3 aromatic heterocycles. The molecule has 0 atom stereocenters. The maximum atomic E-state index is 5.35. The predicted octanol–water partition coefficient (Wildman–Crippen LogP) is 11.3. The third-order valence-corrected chi connectivity index (χ3v) is 9.00. The Morgan fingerprint density at radius 1 is 0.271 bits per heavy atom. The average molecular weight is 617 g/mol. The van der Waals surface area contributed by atoms with Crippen LogP contribution in [0.15, 0.2) is 146 Å². The molecule has 0 saturated heterocycles. The Kier molecular flexibility index (Phi) is 6.76. The number of fused-ring (bicyclic) bond motifs is 8. The highest BCUT2D eigenvalue weighted by Gasteiger charge is 2.18. The van der Waals surface area contributed by atoms with Gasteiger partial charge in [0.05, 0.1) is 22.8 Å². The van der Waals surface area contributed by atoms with E-state index in [0.29, 0.717) is 0 Å². The normalized spacial score (nSPS) is 12.0. The van der Waals surface area contributed by atoms with Gasteiger partial charge in [-0.3, -0.25) is 0 Å². The number of hydrogen-bond acceptors (Lipinski definition) is 2. The van der Waals surface area contributed by atoms with E-state index < -0.39 is 0 Å². The summed E-state index contributed by atoms with van der Waals surface area (Å²) in [4.78, 5) is 18.3. The van der Waals surface area contributed by atoms with Crippen molar-refractivity contribution in [3.8, 4) is 44.5 Å². The van der Waals surface area contributed by atoms with E-state index in [0.717, 1.165) is 89.4 Å². The lowest BCUT2D eigenvalue weighted by Gasteiger charge is -2.07. The van der Waals surface area contributed by atoms with Crippen molar-refractivity contribution in [2.24, 2.45) is 0 Å². The zero-order chi connectivity index (χ0) is 31.9. The van der Waals surface area contributed by atoms with Crippen LogP contribution in [0.1, 0.15) is 22.8 Å². The first-order valence-corrected chi connectivity index (χ1v) is 16.2. The van der Waals surface area contributed by atoms with Gasteiger partial charge in [0.25, 0.3) is 0 Å². The number of nitrogens with zero attached hydrogens (tertiary/aromatic N) is 2. The molecule has 9 rings (SSSR count). The van der Waals surface area contributed by atoms with Gasteiger partial charge in [0.1, 0.15) is 0 Å². The smallest absolute Gasteiger partial charge is 0.0737 e. The number of rotatable bonds is 4. The fourth-order valence-corrected chi connectivity index (χ4v) is 6.84. The van der Waals surface area contributed by atoms with Gasteiger partial charge in [0.15, 0.2) is 0 Å². The number of benzene rings is 4. The molecule has 4 nitrogen and oxygen atoms in total. The van der Waals surface area contributed by atoms with Crippen LogP contribution in [0.25, 0.3) is 90.9 Å². The zero-order valence-electron chi connectivity index (χ0n) is 26.1. The third-order valence-electron chi connectivity index (χ3n) is 9.00. The SMILES string of the molecule is C1=Cc2nc1c(-c1ccccc1)c1ccc([nH]1)[13c](-c1ccccc1)c1nc(c(-c3ccccc3)c3ccc([nH]3)[13c]2-c2ccccc2)C=C1. The molecule has 0 amide bonds. The van der Waals surface area contributed by atoms with Gasteiger partial charge >= 0.3 is 0 Å². The minimum atomic E-state index is 0.906. The second kappa shape index (κ2) is 11.7. The van der Waals surface area contributed by atoms with Crippen LogP contribution in [0, 0.1) is 0 Å². The quantitative estimate of drug-likeness (QED) is 0.207. The monoisotopic (exact) mass is 616 g/mol. The Morgan fingerprint density at radius 2 is 0.500 bits per heavy atom. The highest BCUT2D eigenvalue weighted by Crippen LogP contribution is 2.38. The van der Waals surface area contributed by atoms with Crippen LogP contribution >= 0.6 is 0 Å². The highest BCUT2D eigenvalue weighted by atomic mass is 14.8. The molecule has 2 N–H and O–H groups in total. The molecular weight excluding hydrogens is 586 g/mol. The minimum absolute atomic E-state index is 0.906. The van der Waals surface area contributed by atoms with E-state index in [9.17, 15) is 0 Å². The summed E-state index contributed by atoms with van der Waals surface area (Å²) in [6.45, 7) is 0.